The van der Waals surface area contributed by atoms with Crippen LogP contribution in [0, 0.1) is 0 Å². The van der Waals surface area contributed by atoms with Gasteiger partial charge in [0.15, 0.2) is 0 Å². The van der Waals surface area contributed by atoms with Crippen molar-refractivity contribution in [2.45, 2.75) is 0 Å². The number of carbonyl (C=O) groups is 1. The zero-order valence-corrected chi connectivity index (χ0v) is 7.78. The Morgan fingerprint density at radius 2 is 2.67 bits per heavy atom. The van der Waals surface area contributed by atoms with Gasteiger partial charge in [-0.3, -0.25) is 4.79 Å². The van der Waals surface area contributed by atoms with Gasteiger partial charge in [-0.15, -0.1) is 6.58 Å². The number of nitrogens with zero attached hydrogens (tertiary/aromatic N) is 1. The molecule has 0 bridgehead atoms. The van der Waals surface area contributed by atoms with E-state index in [0.717, 1.165) is 11.5 Å². The lowest BCUT2D eigenvalue weighted by molar-refractivity contribution is 0.0962. The standard InChI is InChI=1S/C7H7ClN2OS/c1-2-3-9-7(11)5-4-6(8)10-12-5/h2,4H,1,3H2,(H,9,11). The van der Waals surface area contributed by atoms with E-state index in [9.17, 15) is 4.79 Å². The van der Waals surface area contributed by atoms with Gasteiger partial charge < -0.3 is 5.32 Å². The Bertz CT molecular complexity index is 297. The molecule has 0 atom stereocenters. The zero-order valence-electron chi connectivity index (χ0n) is 6.21. The smallest absolute Gasteiger partial charge is 0.263 e. The third-order valence-corrected chi connectivity index (χ3v) is 2.19. The van der Waals surface area contributed by atoms with Gasteiger partial charge in [-0.25, -0.2) is 0 Å². The lowest BCUT2D eigenvalue weighted by atomic mass is 10.4. The third-order valence-electron chi connectivity index (χ3n) is 1.11. The van der Waals surface area contributed by atoms with Crippen molar-refractivity contribution in [3.05, 3.63) is 28.8 Å². The maximum absolute atomic E-state index is 11.2. The van der Waals surface area contributed by atoms with E-state index in [0.29, 0.717) is 16.6 Å². The summed E-state index contributed by atoms with van der Waals surface area (Å²) in [7, 11) is 0. The number of amides is 1. The van der Waals surface area contributed by atoms with E-state index in [1.165, 1.54) is 6.07 Å². The molecule has 1 aromatic heterocycles. The van der Waals surface area contributed by atoms with Crippen molar-refractivity contribution in [3.63, 3.8) is 0 Å². The van der Waals surface area contributed by atoms with E-state index in [1.54, 1.807) is 6.08 Å². The van der Waals surface area contributed by atoms with Gasteiger partial charge in [-0.2, -0.15) is 4.37 Å². The van der Waals surface area contributed by atoms with Crippen LogP contribution < -0.4 is 5.32 Å². The van der Waals surface area contributed by atoms with Crippen LogP contribution >= 0.6 is 23.1 Å². The Labute approximate surface area is 79.2 Å². The number of carbonyl (C=O) groups excluding carboxylic acids is 1. The lowest BCUT2D eigenvalue weighted by Crippen LogP contribution is -2.21. The van der Waals surface area contributed by atoms with Gasteiger partial charge in [-0.05, 0) is 11.5 Å². The molecule has 0 saturated heterocycles. The normalized spacial score (nSPS) is 9.42. The average Bonchev–Trinajstić information content (AvgIpc) is 2.47. The van der Waals surface area contributed by atoms with Crippen molar-refractivity contribution in [2.75, 3.05) is 6.54 Å². The molecule has 1 aromatic rings. The highest BCUT2D eigenvalue weighted by atomic mass is 35.5. The van der Waals surface area contributed by atoms with Gasteiger partial charge in [-0.1, -0.05) is 17.7 Å². The molecule has 0 spiro atoms. The molecule has 0 saturated carbocycles. The van der Waals surface area contributed by atoms with Crippen molar-refractivity contribution < 1.29 is 4.79 Å². The predicted octanol–water partition coefficient (Wildman–Crippen LogP) is 1.71. The minimum absolute atomic E-state index is 0.167. The molecule has 0 aromatic carbocycles. The summed E-state index contributed by atoms with van der Waals surface area (Å²) in [4.78, 5) is 11.7. The van der Waals surface area contributed by atoms with Gasteiger partial charge in [0.1, 0.15) is 10.0 Å². The van der Waals surface area contributed by atoms with E-state index in [4.69, 9.17) is 11.6 Å². The van der Waals surface area contributed by atoms with Crippen molar-refractivity contribution in [2.24, 2.45) is 0 Å². The first kappa shape index (κ1) is 9.22. The molecule has 0 fully saturated rings. The lowest BCUT2D eigenvalue weighted by Gasteiger charge is -1.96. The van der Waals surface area contributed by atoms with Gasteiger partial charge in [0.05, 0.1) is 0 Å². The monoisotopic (exact) mass is 202 g/mol. The van der Waals surface area contributed by atoms with Crippen LogP contribution in [0.1, 0.15) is 9.67 Å². The van der Waals surface area contributed by atoms with Crippen molar-refractivity contribution >= 4 is 29.0 Å². The third kappa shape index (κ3) is 2.32. The Balaban J connectivity index is 2.59. The Morgan fingerprint density at radius 1 is 1.92 bits per heavy atom. The predicted molar refractivity (Wildman–Crippen MR) is 49.7 cm³/mol. The van der Waals surface area contributed by atoms with Crippen LogP contribution in [-0.2, 0) is 0 Å². The van der Waals surface area contributed by atoms with Crippen molar-refractivity contribution in [1.82, 2.24) is 9.69 Å². The topological polar surface area (TPSA) is 42.0 Å². The molecular weight excluding hydrogens is 196 g/mol. The number of hydrogen-bond acceptors (Lipinski definition) is 3. The fourth-order valence-corrected chi connectivity index (χ4v) is 1.45. The summed E-state index contributed by atoms with van der Waals surface area (Å²) < 4.78 is 3.77. The molecule has 3 nitrogen and oxygen atoms in total. The highest BCUT2D eigenvalue weighted by Gasteiger charge is 2.07. The van der Waals surface area contributed by atoms with Gasteiger partial charge in [0.2, 0.25) is 0 Å². The van der Waals surface area contributed by atoms with Crippen LogP contribution in [0.25, 0.3) is 0 Å². The van der Waals surface area contributed by atoms with E-state index in [2.05, 4.69) is 16.3 Å². The molecule has 0 aliphatic rings. The Kier molecular flexibility index (Phi) is 3.25. The number of aromatic nitrogens is 1. The fraction of sp³-hybridized carbons (Fsp3) is 0.143. The SMILES string of the molecule is C=CCNC(=O)c1cc(Cl)ns1. The van der Waals surface area contributed by atoms with Crippen LogP contribution in [0.5, 0.6) is 0 Å². The van der Waals surface area contributed by atoms with Gasteiger partial charge in [0, 0.05) is 12.6 Å². The summed E-state index contributed by atoms with van der Waals surface area (Å²) >= 11 is 6.62. The molecule has 0 radical (unpaired) electrons. The minimum atomic E-state index is -0.167. The fourth-order valence-electron chi connectivity index (χ4n) is 0.613. The average molecular weight is 203 g/mol. The number of hydrogen-bond donors (Lipinski definition) is 1. The summed E-state index contributed by atoms with van der Waals surface area (Å²) in [5.74, 6) is -0.167. The molecule has 0 aliphatic heterocycles. The van der Waals surface area contributed by atoms with Crippen LogP contribution in [0.4, 0.5) is 0 Å². The molecular formula is C7H7ClN2OS. The molecule has 1 N–H and O–H groups in total. The van der Waals surface area contributed by atoms with Crippen molar-refractivity contribution in [1.29, 1.82) is 0 Å². The second-order valence-corrected chi connectivity index (χ2v) is 3.20. The molecule has 1 amide bonds. The van der Waals surface area contributed by atoms with Crippen LogP contribution in [0.3, 0.4) is 0 Å². The molecule has 5 heteroatoms. The second-order valence-electron chi connectivity index (χ2n) is 2.01. The van der Waals surface area contributed by atoms with E-state index in [-0.39, 0.29) is 5.91 Å². The second kappa shape index (κ2) is 4.23. The first-order chi connectivity index (χ1) is 5.74. The van der Waals surface area contributed by atoms with E-state index >= 15 is 0 Å². The summed E-state index contributed by atoms with van der Waals surface area (Å²) in [6.07, 6.45) is 1.61. The highest BCUT2D eigenvalue weighted by molar-refractivity contribution is 7.08. The van der Waals surface area contributed by atoms with Crippen LogP contribution in [0.15, 0.2) is 18.7 Å². The number of nitrogens with one attached hydrogen (secondary N) is 1. The first-order valence-corrected chi connectivity index (χ1v) is 4.40. The minimum Gasteiger partial charge on any atom is -0.348 e. The molecule has 64 valence electrons. The van der Waals surface area contributed by atoms with Crippen LogP contribution in [0.2, 0.25) is 5.15 Å². The largest absolute Gasteiger partial charge is 0.348 e. The Morgan fingerprint density at radius 3 is 3.17 bits per heavy atom. The van der Waals surface area contributed by atoms with Crippen LogP contribution in [-0.4, -0.2) is 16.8 Å². The molecule has 0 unspecified atom stereocenters. The van der Waals surface area contributed by atoms with E-state index in [1.807, 2.05) is 0 Å². The maximum Gasteiger partial charge on any atom is 0.263 e. The van der Waals surface area contributed by atoms with Gasteiger partial charge >= 0.3 is 0 Å². The summed E-state index contributed by atoms with van der Waals surface area (Å²) in [5.41, 5.74) is 0. The molecule has 1 rings (SSSR count). The highest BCUT2D eigenvalue weighted by Crippen LogP contribution is 2.13. The zero-order chi connectivity index (χ0) is 8.97. The number of halogens is 1. The number of rotatable bonds is 3. The molecule has 12 heavy (non-hydrogen) atoms. The first-order valence-electron chi connectivity index (χ1n) is 3.25. The van der Waals surface area contributed by atoms with Crippen molar-refractivity contribution in [3.8, 4) is 0 Å². The Hall–Kier alpha value is -0.870. The molecule has 0 aliphatic carbocycles. The summed E-state index contributed by atoms with van der Waals surface area (Å²) in [5, 5.41) is 2.97. The quantitative estimate of drug-likeness (QED) is 0.759. The maximum atomic E-state index is 11.2. The van der Waals surface area contributed by atoms with Gasteiger partial charge in [0.25, 0.3) is 5.91 Å². The summed E-state index contributed by atoms with van der Waals surface area (Å²) in [6, 6.07) is 1.53. The summed E-state index contributed by atoms with van der Waals surface area (Å²) in [6.45, 7) is 3.93. The molecule has 1 heterocycles. The van der Waals surface area contributed by atoms with E-state index < -0.39 is 0 Å².